The molecule has 0 saturated carbocycles. The molecule has 0 aliphatic rings. The third-order valence-electron chi connectivity index (χ3n) is 17.9. The van der Waals surface area contributed by atoms with E-state index in [-0.39, 0.29) is 77.4 Å². The number of anilines is 1. The van der Waals surface area contributed by atoms with Crippen LogP contribution in [0.3, 0.4) is 0 Å². The largest absolute Gasteiger partial charge is 0.497 e. The van der Waals surface area contributed by atoms with Crippen LogP contribution in [0, 0.1) is 11.6 Å². The number of carbonyl (C=O) groups is 2. The summed E-state index contributed by atoms with van der Waals surface area (Å²) in [5.74, 6) is -1.41. The van der Waals surface area contributed by atoms with E-state index in [1.165, 1.54) is 65.5 Å². The van der Waals surface area contributed by atoms with Crippen LogP contribution >= 0.6 is 59.9 Å². The van der Waals surface area contributed by atoms with E-state index in [1.807, 2.05) is 79.7 Å². The van der Waals surface area contributed by atoms with Crippen LogP contribution in [0.4, 0.5) is 19.3 Å². The summed E-state index contributed by atoms with van der Waals surface area (Å²) in [7, 11) is 3.14. The molecule has 0 spiro atoms. The molecule has 12 aromatic rings. The Morgan fingerprint density at radius 3 is 1.15 bits per heavy atom. The number of carboxylic acids is 1. The normalized spacial score (nSPS) is 11.7. The summed E-state index contributed by atoms with van der Waals surface area (Å²) in [6, 6.07) is 23.9. The van der Waals surface area contributed by atoms with E-state index < -0.39 is 29.5 Å². The number of imidazole rings is 4. The molecule has 23 nitrogen and oxygen atoms in total. The fourth-order valence-corrected chi connectivity index (χ4v) is 13.6. The van der Waals surface area contributed by atoms with Crippen molar-refractivity contribution >= 4 is 122 Å². The minimum Gasteiger partial charge on any atom is -0.497 e. The maximum atomic E-state index is 14.7. The van der Waals surface area contributed by atoms with Gasteiger partial charge >= 0.3 is 34.8 Å². The van der Waals surface area contributed by atoms with Crippen molar-refractivity contribution < 1.29 is 38.1 Å². The minimum absolute atomic E-state index is 0. The van der Waals surface area contributed by atoms with Gasteiger partial charge in [-0.1, -0.05) is 131 Å². The molecule has 4 aromatic carbocycles. The van der Waals surface area contributed by atoms with Crippen molar-refractivity contribution in [3.05, 3.63) is 195 Å². The van der Waals surface area contributed by atoms with Gasteiger partial charge in [-0.3, -0.25) is 43.1 Å². The van der Waals surface area contributed by atoms with Gasteiger partial charge in [0, 0.05) is 89.5 Å². The number of nitrogens with zero attached hydrogens (tertiary/aromatic N) is 9. The van der Waals surface area contributed by atoms with Crippen LogP contribution in [0.2, 0.25) is 20.1 Å². The second-order valence-corrected chi connectivity index (χ2v) is 27.0. The summed E-state index contributed by atoms with van der Waals surface area (Å²) < 4.78 is 44.9. The Labute approximate surface area is 629 Å². The average Bonchev–Trinajstić information content (AvgIpc) is 1.66. The molecule has 0 radical (unpaired) electrons. The van der Waals surface area contributed by atoms with Gasteiger partial charge in [0.25, 0.3) is 0 Å². The van der Waals surface area contributed by atoms with Gasteiger partial charge in [0.2, 0.25) is 0 Å². The zero-order valence-electron chi connectivity index (χ0n) is 59.9. The molecule has 6 N–H and O–H groups in total. The number of carbonyl (C=O) groups excluding carboxylic acids is 1. The van der Waals surface area contributed by atoms with Gasteiger partial charge in [0.05, 0.1) is 67.5 Å². The van der Waals surface area contributed by atoms with Gasteiger partial charge in [-0.15, -0.1) is 0 Å². The summed E-state index contributed by atoms with van der Waals surface area (Å²) in [5.41, 5.74) is 8.38. The zero-order chi connectivity index (χ0) is 75.8. The number of aromatic amines is 4. The molecular formula is C75H83Cl4F2N13O10S. The standard InChI is InChI=1S/C23H29ClN4O3.C18H19ClFN3O2.C18H18ClN3O3.C16H15ClFN3O2.H2S/c1-7-15(8-2)28-19-18(17(24)13-25-20(19)26-21(28)29)14-9-11-16(12-10-14)27(6)22(30)31-23(3,4)5;1-4-10(5-2)23-16-15(12-7-6-11(25-3)8-14(12)20)13(19)9-21-17(16)22-18(23)24;1-3-12(4-2)22-15-14(10-5-7-11(8-6-10)17(23)24)13(19)9-20-16(15)21-18(22)25;1-2-11(8-22)21-14-13(9-3-5-10(18)6-4-9)12(17)7-19-15(14)20-16(21)23;/h9-13,15H,7-8H2,1-6H3,(H,25,26,29);6-10H,4-5H2,1-3H3,(H,21,22,24);5-9,12H,3-4H2,1-2H3,(H,23,24)(H,20,21,25);3-7,11,22H,2,8H2,1H3,(H,19,20,23);1H2/t;;;11-;/m...0./s1. The molecule has 0 saturated heterocycles. The van der Waals surface area contributed by atoms with Crippen molar-refractivity contribution in [3.8, 4) is 50.3 Å². The second kappa shape index (κ2) is 35.0. The first-order valence-electron chi connectivity index (χ1n) is 33.9. The third-order valence-corrected chi connectivity index (χ3v) is 19.1. The maximum Gasteiger partial charge on any atom is 0.414 e. The van der Waals surface area contributed by atoms with Crippen LogP contribution in [0.1, 0.15) is 149 Å². The van der Waals surface area contributed by atoms with Gasteiger partial charge < -0.3 is 19.7 Å². The first-order valence-corrected chi connectivity index (χ1v) is 35.4. The van der Waals surface area contributed by atoms with E-state index in [0.717, 1.165) is 55.2 Å². The molecule has 1 atom stereocenters. The van der Waals surface area contributed by atoms with E-state index >= 15 is 0 Å². The van der Waals surface area contributed by atoms with Crippen molar-refractivity contribution in [1.29, 1.82) is 0 Å². The van der Waals surface area contributed by atoms with Crippen LogP contribution in [-0.4, -0.2) is 107 Å². The Morgan fingerprint density at radius 2 is 0.838 bits per heavy atom. The number of rotatable bonds is 19. The molecule has 0 fully saturated rings. The number of halogens is 6. The number of hydrogen-bond donors (Lipinski definition) is 6. The van der Waals surface area contributed by atoms with Crippen molar-refractivity contribution in [1.82, 2.24) is 58.1 Å². The summed E-state index contributed by atoms with van der Waals surface area (Å²) >= 11 is 25.6. The van der Waals surface area contributed by atoms with Crippen LogP contribution in [-0.2, 0) is 4.74 Å². The molecule has 0 aliphatic carbocycles. The highest BCUT2D eigenvalue weighted by molar-refractivity contribution is 7.59. The molecule has 0 aliphatic heterocycles. The molecule has 0 unspecified atom stereocenters. The van der Waals surface area contributed by atoms with Crippen molar-refractivity contribution in [2.75, 3.05) is 25.7 Å². The number of fused-ring (bicyclic) bond motifs is 4. The zero-order valence-corrected chi connectivity index (χ0v) is 63.9. The second-order valence-electron chi connectivity index (χ2n) is 25.4. The number of aliphatic hydroxyl groups is 1. The molecule has 105 heavy (non-hydrogen) atoms. The molecule has 0 bridgehead atoms. The average molecular weight is 1540 g/mol. The first kappa shape index (κ1) is 81.1. The van der Waals surface area contributed by atoms with E-state index in [2.05, 4.69) is 53.7 Å². The summed E-state index contributed by atoms with van der Waals surface area (Å²) in [5, 5.41) is 20.2. The van der Waals surface area contributed by atoms with Gasteiger partial charge in [0.15, 0.2) is 22.6 Å². The summed E-state index contributed by atoms with van der Waals surface area (Å²) in [6.45, 7) is 19.4. The van der Waals surface area contributed by atoms with E-state index in [0.29, 0.717) is 105 Å². The van der Waals surface area contributed by atoms with Crippen molar-refractivity contribution in [2.24, 2.45) is 0 Å². The predicted octanol–water partition coefficient (Wildman–Crippen LogP) is 17.7. The highest BCUT2D eigenvalue weighted by Crippen LogP contribution is 2.41. The Morgan fingerprint density at radius 1 is 0.514 bits per heavy atom. The van der Waals surface area contributed by atoms with Crippen molar-refractivity contribution in [3.63, 3.8) is 0 Å². The van der Waals surface area contributed by atoms with Crippen LogP contribution in [0.5, 0.6) is 5.75 Å². The van der Waals surface area contributed by atoms with Crippen LogP contribution < -0.4 is 32.4 Å². The molecule has 8 heterocycles. The SMILES string of the molecule is CCC(CC)n1c(=O)[nH]c2ncc(Cl)c(-c3ccc(C(=O)O)cc3)c21.CCC(CC)n1c(=O)[nH]c2ncc(Cl)c(-c3ccc(N(C)C(=O)OC(C)(C)C)cc3)c21.CCC(CC)n1c(=O)[nH]c2ncc(Cl)c(-c3ccc(OC)cc3F)c21.CC[C@@H](CO)n1c(=O)[nH]c2ncc(Cl)c(-c3ccc(F)cc3)c21.S. The molecule has 12 rings (SSSR count). The Bertz CT molecular complexity index is 5320. The number of nitrogens with one attached hydrogen (secondary N) is 4. The van der Waals surface area contributed by atoms with E-state index in [9.17, 15) is 42.7 Å². The number of aromatic carboxylic acids is 1. The number of aliphatic hydroxyl groups excluding tert-OH is 1. The predicted molar refractivity (Wildman–Crippen MR) is 417 cm³/mol. The van der Waals surface area contributed by atoms with E-state index in [4.69, 9.17) is 61.0 Å². The molecule has 8 aromatic heterocycles. The number of hydrogen-bond acceptors (Lipinski definition) is 13. The number of benzene rings is 4. The lowest BCUT2D eigenvalue weighted by molar-refractivity contribution is 0.0588. The number of carboxylic acid groups (broad SMARTS) is 1. The monoisotopic (exact) mass is 1540 g/mol. The van der Waals surface area contributed by atoms with E-state index in [1.54, 1.807) is 63.3 Å². The molecule has 556 valence electrons. The highest BCUT2D eigenvalue weighted by Gasteiger charge is 2.28. The van der Waals surface area contributed by atoms with Crippen LogP contribution in [0.25, 0.3) is 89.2 Å². The minimum atomic E-state index is -0.992. The number of pyridine rings is 4. The highest BCUT2D eigenvalue weighted by atomic mass is 35.5. The van der Waals surface area contributed by atoms with Gasteiger partial charge in [-0.2, -0.15) is 13.5 Å². The fourth-order valence-electron chi connectivity index (χ4n) is 12.6. The topological polar surface area (TPSA) is 299 Å². The fraction of sp³-hybridized carbons (Fsp3) is 0.333. The quantitative estimate of drug-likeness (QED) is 0.0439. The smallest absolute Gasteiger partial charge is 0.414 e. The lowest BCUT2D eigenvalue weighted by Crippen LogP contribution is -2.34. The maximum absolute atomic E-state index is 14.7. The number of amides is 1. The summed E-state index contributed by atoms with van der Waals surface area (Å²) in [6.07, 6.45) is 10.8. The molecular weight excluding hydrogens is 1450 g/mol. The Balaban J connectivity index is 0.000000177. The molecule has 1 amide bonds. The van der Waals surface area contributed by atoms with Crippen LogP contribution in [0.15, 0.2) is 135 Å². The van der Waals surface area contributed by atoms with Gasteiger partial charge in [0.1, 0.15) is 23.0 Å². The Hall–Kier alpha value is -9.57. The number of aromatic nitrogens is 12. The number of methoxy groups -OCH3 is 1. The first-order chi connectivity index (χ1) is 49.6. The third kappa shape index (κ3) is 17.2. The number of H-pyrrole nitrogens is 4. The molecule has 30 heteroatoms. The lowest BCUT2D eigenvalue weighted by Gasteiger charge is -2.24. The lowest BCUT2D eigenvalue weighted by atomic mass is 10.0. The van der Waals surface area contributed by atoms with Crippen molar-refractivity contribution in [2.45, 2.75) is 144 Å². The summed E-state index contributed by atoms with van der Waals surface area (Å²) in [4.78, 5) is 103. The number of ether oxygens (including phenoxy) is 2. The Kier molecular flexibility index (Phi) is 27.0. The van der Waals surface area contributed by atoms with Gasteiger partial charge in [-0.05, 0) is 131 Å². The van der Waals surface area contributed by atoms with Gasteiger partial charge in [-0.25, -0.2) is 57.5 Å².